The molecular formula is C19H28N4O. The van der Waals surface area contributed by atoms with Crippen molar-refractivity contribution < 1.29 is 4.79 Å². The fourth-order valence-electron chi connectivity index (χ4n) is 4.25. The molecule has 0 aliphatic carbocycles. The van der Waals surface area contributed by atoms with Crippen LogP contribution in [0.25, 0.3) is 0 Å². The summed E-state index contributed by atoms with van der Waals surface area (Å²) < 4.78 is 0. The summed E-state index contributed by atoms with van der Waals surface area (Å²) in [6.45, 7) is 6.15. The third-order valence-corrected chi connectivity index (χ3v) is 5.91. The van der Waals surface area contributed by atoms with Crippen LogP contribution < -0.4 is 10.2 Å². The second-order valence-corrected chi connectivity index (χ2v) is 7.75. The fourth-order valence-corrected chi connectivity index (χ4v) is 4.25. The minimum absolute atomic E-state index is 0.135. The average Bonchev–Trinajstić information content (AvgIpc) is 2.94. The Labute approximate surface area is 144 Å². The van der Waals surface area contributed by atoms with Gasteiger partial charge in [0.1, 0.15) is 5.82 Å². The van der Waals surface area contributed by atoms with Crippen LogP contribution in [0.3, 0.4) is 0 Å². The van der Waals surface area contributed by atoms with Gasteiger partial charge in [0.15, 0.2) is 0 Å². The van der Waals surface area contributed by atoms with Crippen molar-refractivity contribution >= 4 is 11.7 Å². The number of nitrogens with one attached hydrogen (secondary N) is 1. The topological polar surface area (TPSA) is 48.5 Å². The Balaban J connectivity index is 1.41. The van der Waals surface area contributed by atoms with Crippen molar-refractivity contribution in [2.45, 2.75) is 51.1 Å². The minimum atomic E-state index is 0.135. The minimum Gasteiger partial charge on any atom is -0.357 e. The monoisotopic (exact) mass is 328 g/mol. The van der Waals surface area contributed by atoms with Crippen molar-refractivity contribution in [3.8, 4) is 0 Å². The second-order valence-electron chi connectivity index (χ2n) is 7.75. The number of nitrogens with zero attached hydrogens (tertiary/aromatic N) is 3. The van der Waals surface area contributed by atoms with Gasteiger partial charge >= 0.3 is 0 Å². The van der Waals surface area contributed by atoms with Crippen LogP contribution in [-0.4, -0.2) is 54.1 Å². The van der Waals surface area contributed by atoms with Crippen molar-refractivity contribution in [1.82, 2.24) is 15.2 Å². The van der Waals surface area contributed by atoms with E-state index in [0.717, 1.165) is 49.9 Å². The first kappa shape index (κ1) is 15.9. The number of fused-ring (bicyclic) bond motifs is 2. The maximum absolute atomic E-state index is 12.8. The summed E-state index contributed by atoms with van der Waals surface area (Å²) in [6.07, 6.45) is 7.75. The van der Waals surface area contributed by atoms with Crippen molar-refractivity contribution in [3.05, 3.63) is 23.9 Å². The number of likely N-dealkylation sites (tertiary alicyclic amines) is 1. The van der Waals surface area contributed by atoms with Crippen molar-refractivity contribution in [1.29, 1.82) is 0 Å². The van der Waals surface area contributed by atoms with E-state index in [1.54, 1.807) is 6.20 Å². The van der Waals surface area contributed by atoms with Crippen molar-refractivity contribution in [2.75, 3.05) is 31.1 Å². The Morgan fingerprint density at radius 1 is 1.08 bits per heavy atom. The summed E-state index contributed by atoms with van der Waals surface area (Å²) in [5.41, 5.74) is 0.724. The number of amides is 1. The Morgan fingerprint density at radius 2 is 1.88 bits per heavy atom. The lowest BCUT2D eigenvalue weighted by Crippen LogP contribution is -2.39. The molecule has 5 nitrogen and oxygen atoms in total. The molecule has 130 valence electrons. The first-order valence-electron chi connectivity index (χ1n) is 9.45. The summed E-state index contributed by atoms with van der Waals surface area (Å²) in [5.74, 6) is 1.96. The van der Waals surface area contributed by atoms with Crippen LogP contribution in [0.15, 0.2) is 18.3 Å². The maximum atomic E-state index is 12.8. The molecule has 5 heteroatoms. The molecule has 1 amide bonds. The number of pyridine rings is 1. The SMILES string of the molecule is CC1CCN(c2ccc(C(=O)N3CCC4CCC(C3)N4)cn2)CC1. The molecule has 0 saturated carbocycles. The summed E-state index contributed by atoms with van der Waals surface area (Å²) in [6, 6.07) is 5.06. The van der Waals surface area contributed by atoms with Gasteiger partial charge in [-0.15, -0.1) is 0 Å². The van der Waals surface area contributed by atoms with Gasteiger partial charge in [0, 0.05) is 44.5 Å². The number of piperidine rings is 1. The lowest BCUT2D eigenvalue weighted by molar-refractivity contribution is 0.0748. The highest BCUT2D eigenvalue weighted by Gasteiger charge is 2.31. The van der Waals surface area contributed by atoms with E-state index >= 15 is 0 Å². The van der Waals surface area contributed by atoms with Gasteiger partial charge in [0.2, 0.25) is 0 Å². The standard InChI is InChI=1S/C19H28N4O/c1-14-6-9-22(10-7-14)18-5-2-15(12-20-18)19(24)23-11-8-16-3-4-17(13-23)21-16/h2,5,12,14,16-17,21H,3-4,6-11,13H2,1H3. The molecule has 24 heavy (non-hydrogen) atoms. The molecule has 4 rings (SSSR count). The number of hydrogen-bond donors (Lipinski definition) is 1. The smallest absolute Gasteiger partial charge is 0.255 e. The quantitative estimate of drug-likeness (QED) is 0.905. The van der Waals surface area contributed by atoms with E-state index in [9.17, 15) is 4.79 Å². The highest BCUT2D eigenvalue weighted by atomic mass is 16.2. The molecule has 1 aromatic heterocycles. The van der Waals surface area contributed by atoms with Gasteiger partial charge in [-0.3, -0.25) is 4.79 Å². The van der Waals surface area contributed by atoms with Gasteiger partial charge < -0.3 is 15.1 Å². The normalized spacial score (nSPS) is 28.0. The molecule has 0 aromatic carbocycles. The highest BCUT2D eigenvalue weighted by Crippen LogP contribution is 2.23. The number of anilines is 1. The number of hydrogen-bond acceptors (Lipinski definition) is 4. The molecule has 3 aliphatic rings. The number of carbonyl (C=O) groups is 1. The van der Waals surface area contributed by atoms with Gasteiger partial charge in [-0.25, -0.2) is 4.98 Å². The first-order valence-corrected chi connectivity index (χ1v) is 9.45. The number of carbonyl (C=O) groups excluding carboxylic acids is 1. The van der Waals surface area contributed by atoms with Crippen LogP contribution in [0.2, 0.25) is 0 Å². The van der Waals surface area contributed by atoms with Crippen LogP contribution in [0.5, 0.6) is 0 Å². The molecule has 4 heterocycles. The van der Waals surface area contributed by atoms with Gasteiger partial charge in [0.25, 0.3) is 5.91 Å². The molecule has 3 fully saturated rings. The zero-order valence-electron chi connectivity index (χ0n) is 14.6. The molecular weight excluding hydrogens is 300 g/mol. The zero-order chi connectivity index (χ0) is 16.5. The molecule has 2 bridgehead atoms. The Bertz CT molecular complexity index is 580. The highest BCUT2D eigenvalue weighted by molar-refractivity contribution is 5.94. The molecule has 2 unspecified atom stereocenters. The Hall–Kier alpha value is -1.62. The molecule has 0 spiro atoms. The van der Waals surface area contributed by atoms with Crippen LogP contribution in [0.1, 0.15) is 49.4 Å². The zero-order valence-corrected chi connectivity index (χ0v) is 14.6. The van der Waals surface area contributed by atoms with E-state index in [1.165, 1.54) is 25.7 Å². The third-order valence-electron chi connectivity index (χ3n) is 5.91. The Morgan fingerprint density at radius 3 is 2.62 bits per heavy atom. The summed E-state index contributed by atoms with van der Waals surface area (Å²) >= 11 is 0. The molecule has 1 N–H and O–H groups in total. The maximum Gasteiger partial charge on any atom is 0.255 e. The van der Waals surface area contributed by atoms with E-state index in [2.05, 4.69) is 22.1 Å². The summed E-state index contributed by atoms with van der Waals surface area (Å²) in [7, 11) is 0. The van der Waals surface area contributed by atoms with Gasteiger partial charge in [-0.05, 0) is 50.2 Å². The predicted molar refractivity (Wildman–Crippen MR) is 95.3 cm³/mol. The molecule has 0 radical (unpaired) electrons. The molecule has 2 atom stereocenters. The fraction of sp³-hybridized carbons (Fsp3) is 0.684. The van der Waals surface area contributed by atoms with Gasteiger partial charge in [-0.1, -0.05) is 6.92 Å². The van der Waals surface area contributed by atoms with Crippen molar-refractivity contribution in [2.24, 2.45) is 5.92 Å². The van der Waals surface area contributed by atoms with E-state index in [1.807, 2.05) is 17.0 Å². The summed E-state index contributed by atoms with van der Waals surface area (Å²) in [4.78, 5) is 21.7. The van der Waals surface area contributed by atoms with E-state index in [4.69, 9.17) is 0 Å². The van der Waals surface area contributed by atoms with Gasteiger partial charge in [0.05, 0.1) is 5.56 Å². The van der Waals surface area contributed by atoms with E-state index < -0.39 is 0 Å². The first-order chi connectivity index (χ1) is 11.7. The Kier molecular flexibility index (Phi) is 4.44. The predicted octanol–water partition coefficient (Wildman–Crippen LogP) is 2.28. The van der Waals surface area contributed by atoms with Crippen LogP contribution >= 0.6 is 0 Å². The largest absolute Gasteiger partial charge is 0.357 e. The van der Waals surface area contributed by atoms with Crippen LogP contribution in [0, 0.1) is 5.92 Å². The van der Waals surface area contributed by atoms with Crippen molar-refractivity contribution in [3.63, 3.8) is 0 Å². The third kappa shape index (κ3) is 3.27. The van der Waals surface area contributed by atoms with Crippen LogP contribution in [-0.2, 0) is 0 Å². The second kappa shape index (κ2) is 6.71. The molecule has 1 aromatic rings. The average molecular weight is 328 g/mol. The molecule has 3 aliphatic heterocycles. The van der Waals surface area contributed by atoms with E-state index in [0.29, 0.717) is 12.1 Å². The number of aromatic nitrogens is 1. The van der Waals surface area contributed by atoms with Crippen LogP contribution in [0.4, 0.5) is 5.82 Å². The lowest BCUT2D eigenvalue weighted by Gasteiger charge is -2.31. The van der Waals surface area contributed by atoms with Gasteiger partial charge in [-0.2, -0.15) is 0 Å². The summed E-state index contributed by atoms with van der Waals surface area (Å²) in [5, 5.41) is 3.63. The lowest BCUT2D eigenvalue weighted by atomic mass is 9.99. The van der Waals surface area contributed by atoms with E-state index in [-0.39, 0.29) is 5.91 Å². The molecule has 3 saturated heterocycles. The number of rotatable bonds is 2.